The Bertz CT molecular complexity index is 646. The molecule has 2 rings (SSSR count). The minimum atomic E-state index is -1.50. The van der Waals surface area contributed by atoms with E-state index in [1.165, 1.54) is 13.1 Å². The number of pyridine rings is 1. The van der Waals surface area contributed by atoms with Gasteiger partial charge in [-0.15, -0.1) is 0 Å². The molecule has 0 aliphatic carbocycles. The van der Waals surface area contributed by atoms with Crippen molar-refractivity contribution in [1.82, 2.24) is 4.98 Å². The summed E-state index contributed by atoms with van der Waals surface area (Å²) in [6.45, 7) is 1.45. The fraction of sp³-hybridized carbons (Fsp3) is 0.200. The first-order chi connectivity index (χ1) is 9.95. The first-order valence-electron chi connectivity index (χ1n) is 6.22. The number of hydrogen-bond acceptors (Lipinski definition) is 4. The minimum Gasteiger partial charge on any atom is -0.497 e. The molecule has 1 atom stereocenters. The highest BCUT2D eigenvalue weighted by Crippen LogP contribution is 2.27. The van der Waals surface area contributed by atoms with E-state index in [0.717, 1.165) is 12.3 Å². The number of benzene rings is 1. The first-order valence-corrected chi connectivity index (χ1v) is 6.22. The van der Waals surface area contributed by atoms with E-state index in [4.69, 9.17) is 4.74 Å². The molecule has 1 heterocycles. The van der Waals surface area contributed by atoms with Crippen LogP contribution in [0.1, 0.15) is 12.5 Å². The molecule has 1 aromatic heterocycles. The van der Waals surface area contributed by atoms with Crippen molar-refractivity contribution < 1.29 is 19.0 Å². The van der Waals surface area contributed by atoms with Gasteiger partial charge in [-0.25, -0.2) is 9.18 Å². The van der Waals surface area contributed by atoms with Crippen molar-refractivity contribution in [3.8, 4) is 5.75 Å². The summed E-state index contributed by atoms with van der Waals surface area (Å²) in [6, 6.07) is 7.93. The van der Waals surface area contributed by atoms with Crippen molar-refractivity contribution >= 4 is 11.7 Å². The van der Waals surface area contributed by atoms with Crippen LogP contribution in [0.3, 0.4) is 0 Å². The number of methoxy groups -OCH3 is 1. The Labute approximate surface area is 121 Å². The van der Waals surface area contributed by atoms with Gasteiger partial charge in [0, 0.05) is 17.4 Å². The Balaban J connectivity index is 2.36. The molecular formula is C15H15FN2O3. The average Bonchev–Trinajstić information content (AvgIpc) is 2.47. The molecule has 2 N–H and O–H groups in total. The molecule has 0 bridgehead atoms. The van der Waals surface area contributed by atoms with Gasteiger partial charge in [-0.2, -0.15) is 0 Å². The van der Waals surface area contributed by atoms with Crippen molar-refractivity contribution in [2.75, 3.05) is 12.4 Å². The predicted molar refractivity (Wildman–Crippen MR) is 75.8 cm³/mol. The smallest absolute Gasteiger partial charge is 0.333 e. The number of ether oxygens (including phenoxy) is 1. The SMILES string of the molecule is COc1ccc(NC(C)(C(=O)O)c2cncc(F)c2)cc1. The maximum Gasteiger partial charge on any atom is 0.333 e. The quantitative estimate of drug-likeness (QED) is 0.885. The Morgan fingerprint density at radius 3 is 2.52 bits per heavy atom. The lowest BCUT2D eigenvalue weighted by atomic mass is 9.93. The number of nitrogens with zero attached hydrogens (tertiary/aromatic N) is 1. The monoisotopic (exact) mass is 290 g/mol. The standard InChI is InChI=1S/C15H15FN2O3/c1-15(14(19)20,10-7-11(16)9-17-8-10)18-12-3-5-13(21-2)6-4-12/h3-9,18H,1-2H3,(H,19,20). The zero-order valence-corrected chi connectivity index (χ0v) is 11.6. The summed E-state index contributed by atoms with van der Waals surface area (Å²) in [5, 5.41) is 12.4. The van der Waals surface area contributed by atoms with Crippen LogP contribution in [-0.2, 0) is 10.3 Å². The lowest BCUT2D eigenvalue weighted by molar-refractivity contribution is -0.142. The number of carboxylic acids is 1. The topological polar surface area (TPSA) is 71.5 Å². The number of aliphatic carboxylic acids is 1. The van der Waals surface area contributed by atoms with Gasteiger partial charge in [0.05, 0.1) is 13.3 Å². The highest BCUT2D eigenvalue weighted by atomic mass is 19.1. The zero-order chi connectivity index (χ0) is 15.5. The third-order valence-corrected chi connectivity index (χ3v) is 3.19. The number of anilines is 1. The molecule has 0 spiro atoms. The first kappa shape index (κ1) is 14.8. The summed E-state index contributed by atoms with van der Waals surface area (Å²) >= 11 is 0. The summed E-state index contributed by atoms with van der Waals surface area (Å²) in [7, 11) is 1.54. The van der Waals surface area contributed by atoms with E-state index in [1.807, 2.05) is 0 Å². The Morgan fingerprint density at radius 1 is 1.33 bits per heavy atom. The van der Waals surface area contributed by atoms with Crippen LogP contribution in [0.4, 0.5) is 10.1 Å². The van der Waals surface area contributed by atoms with Gasteiger partial charge < -0.3 is 15.2 Å². The molecule has 21 heavy (non-hydrogen) atoms. The molecular weight excluding hydrogens is 275 g/mol. The van der Waals surface area contributed by atoms with Gasteiger partial charge >= 0.3 is 5.97 Å². The summed E-state index contributed by atoms with van der Waals surface area (Å²) in [4.78, 5) is 15.3. The van der Waals surface area contributed by atoms with E-state index in [1.54, 1.807) is 31.4 Å². The van der Waals surface area contributed by atoms with E-state index in [0.29, 0.717) is 11.4 Å². The zero-order valence-electron chi connectivity index (χ0n) is 11.6. The summed E-state index contributed by atoms with van der Waals surface area (Å²) < 4.78 is 18.3. The normalized spacial score (nSPS) is 13.3. The summed E-state index contributed by atoms with van der Waals surface area (Å²) in [5.74, 6) is -1.06. The Kier molecular flexibility index (Phi) is 4.07. The van der Waals surface area contributed by atoms with Gasteiger partial charge in [-0.05, 0) is 37.3 Å². The lowest BCUT2D eigenvalue weighted by Gasteiger charge is -2.27. The Hall–Kier alpha value is -2.63. The van der Waals surface area contributed by atoms with Gasteiger partial charge in [-0.3, -0.25) is 4.98 Å². The average molecular weight is 290 g/mol. The van der Waals surface area contributed by atoms with Crippen LogP contribution in [0.5, 0.6) is 5.75 Å². The third-order valence-electron chi connectivity index (χ3n) is 3.19. The van der Waals surface area contributed by atoms with E-state index < -0.39 is 17.3 Å². The number of halogens is 1. The second-order valence-electron chi connectivity index (χ2n) is 4.68. The van der Waals surface area contributed by atoms with Crippen LogP contribution < -0.4 is 10.1 Å². The largest absolute Gasteiger partial charge is 0.497 e. The maximum absolute atomic E-state index is 13.3. The van der Waals surface area contributed by atoms with Gasteiger partial charge in [-0.1, -0.05) is 0 Å². The van der Waals surface area contributed by atoms with Crippen LogP contribution >= 0.6 is 0 Å². The van der Waals surface area contributed by atoms with Crippen LogP contribution in [-0.4, -0.2) is 23.2 Å². The third kappa shape index (κ3) is 3.10. The lowest BCUT2D eigenvalue weighted by Crippen LogP contribution is -2.40. The van der Waals surface area contributed by atoms with E-state index >= 15 is 0 Å². The van der Waals surface area contributed by atoms with Crippen molar-refractivity contribution in [2.45, 2.75) is 12.5 Å². The molecule has 0 aliphatic rings. The molecule has 5 nitrogen and oxygen atoms in total. The molecule has 0 saturated heterocycles. The number of hydrogen-bond donors (Lipinski definition) is 2. The number of rotatable bonds is 5. The van der Waals surface area contributed by atoms with Crippen molar-refractivity contribution in [1.29, 1.82) is 0 Å². The molecule has 0 saturated carbocycles. The molecule has 1 aromatic carbocycles. The van der Waals surface area contributed by atoms with Gasteiger partial charge in [0.15, 0.2) is 5.54 Å². The second-order valence-corrected chi connectivity index (χ2v) is 4.68. The minimum absolute atomic E-state index is 0.228. The second kappa shape index (κ2) is 5.78. The van der Waals surface area contributed by atoms with Gasteiger partial charge in [0.1, 0.15) is 11.6 Å². The van der Waals surface area contributed by atoms with E-state index in [9.17, 15) is 14.3 Å². The predicted octanol–water partition coefficient (Wildman–Crippen LogP) is 2.64. The molecule has 0 amide bonds. The molecule has 0 radical (unpaired) electrons. The number of carbonyl (C=O) groups is 1. The van der Waals surface area contributed by atoms with E-state index in [-0.39, 0.29) is 5.56 Å². The molecule has 0 fully saturated rings. The molecule has 2 aromatic rings. The van der Waals surface area contributed by atoms with Crippen LogP contribution in [0, 0.1) is 5.82 Å². The fourth-order valence-electron chi connectivity index (χ4n) is 1.90. The van der Waals surface area contributed by atoms with E-state index in [2.05, 4.69) is 10.3 Å². The van der Waals surface area contributed by atoms with Crippen molar-refractivity contribution in [2.24, 2.45) is 0 Å². The summed E-state index contributed by atoms with van der Waals surface area (Å²) in [5.41, 5.74) is -0.695. The number of carboxylic acid groups (broad SMARTS) is 1. The van der Waals surface area contributed by atoms with Crippen molar-refractivity contribution in [3.05, 3.63) is 54.1 Å². The van der Waals surface area contributed by atoms with Crippen molar-refractivity contribution in [3.63, 3.8) is 0 Å². The van der Waals surface area contributed by atoms with Crippen LogP contribution in [0.15, 0.2) is 42.7 Å². The van der Waals surface area contributed by atoms with Gasteiger partial charge in [0.25, 0.3) is 0 Å². The highest BCUT2D eigenvalue weighted by Gasteiger charge is 2.36. The number of nitrogens with one attached hydrogen (secondary N) is 1. The highest BCUT2D eigenvalue weighted by molar-refractivity contribution is 5.84. The molecule has 1 unspecified atom stereocenters. The molecule has 110 valence electrons. The number of aromatic nitrogens is 1. The maximum atomic E-state index is 13.3. The van der Waals surface area contributed by atoms with Crippen LogP contribution in [0.25, 0.3) is 0 Å². The van der Waals surface area contributed by atoms with Gasteiger partial charge in [0.2, 0.25) is 0 Å². The summed E-state index contributed by atoms with van der Waals surface area (Å²) in [6.07, 6.45) is 2.35. The molecule has 6 heteroatoms. The Morgan fingerprint density at radius 2 is 2.00 bits per heavy atom. The fourth-order valence-corrected chi connectivity index (χ4v) is 1.90. The molecule has 0 aliphatic heterocycles. The van der Waals surface area contributed by atoms with Crippen LogP contribution in [0.2, 0.25) is 0 Å².